The van der Waals surface area contributed by atoms with Crippen molar-refractivity contribution in [1.29, 1.82) is 0 Å². The number of hydrogen-bond donors (Lipinski definition) is 0. The molecule has 7 heteroatoms. The summed E-state index contributed by atoms with van der Waals surface area (Å²) in [4.78, 5) is 19.5. The van der Waals surface area contributed by atoms with E-state index in [4.69, 9.17) is 16.1 Å². The van der Waals surface area contributed by atoms with Crippen molar-refractivity contribution >= 4 is 17.5 Å². The molecule has 0 saturated heterocycles. The molecule has 1 atom stereocenters. The first kappa shape index (κ1) is 22.7. The Morgan fingerprint density at radius 3 is 2.55 bits per heavy atom. The maximum Gasteiger partial charge on any atom is 0.228 e. The molecule has 0 radical (unpaired) electrons. The summed E-state index contributed by atoms with van der Waals surface area (Å²) in [5.41, 5.74) is 2.54. The summed E-state index contributed by atoms with van der Waals surface area (Å²) >= 11 is 6.06. The molecule has 1 heterocycles. The molecule has 0 fully saturated rings. The van der Waals surface area contributed by atoms with Gasteiger partial charge in [-0.15, -0.1) is 0 Å². The van der Waals surface area contributed by atoms with Gasteiger partial charge in [-0.2, -0.15) is 4.98 Å². The number of halogens is 2. The van der Waals surface area contributed by atoms with E-state index in [1.807, 2.05) is 49.4 Å². The number of carbonyl (C=O) groups is 1. The van der Waals surface area contributed by atoms with Gasteiger partial charge in [0.1, 0.15) is 5.82 Å². The summed E-state index contributed by atoms with van der Waals surface area (Å²) in [5.74, 6) is 0.498. The molecular formula is C26H23ClFN3O2. The van der Waals surface area contributed by atoms with Crippen LogP contribution in [0.4, 0.5) is 4.39 Å². The monoisotopic (exact) mass is 463 g/mol. The third kappa shape index (κ3) is 5.84. The highest BCUT2D eigenvalue weighted by atomic mass is 35.5. The highest BCUT2D eigenvalue weighted by Crippen LogP contribution is 2.23. The molecular weight excluding hydrogens is 441 g/mol. The Morgan fingerprint density at radius 2 is 1.82 bits per heavy atom. The molecule has 0 aliphatic heterocycles. The molecule has 1 unspecified atom stereocenters. The lowest BCUT2D eigenvalue weighted by atomic mass is 10.0. The van der Waals surface area contributed by atoms with Gasteiger partial charge >= 0.3 is 0 Å². The highest BCUT2D eigenvalue weighted by Gasteiger charge is 2.23. The van der Waals surface area contributed by atoms with E-state index in [9.17, 15) is 9.18 Å². The first-order valence-electron chi connectivity index (χ1n) is 10.7. The molecule has 5 nitrogen and oxygen atoms in total. The zero-order valence-corrected chi connectivity index (χ0v) is 18.9. The van der Waals surface area contributed by atoms with Crippen molar-refractivity contribution in [3.8, 4) is 11.4 Å². The van der Waals surface area contributed by atoms with Gasteiger partial charge in [-0.05, 0) is 42.3 Å². The Hall–Kier alpha value is -3.51. The molecule has 0 bridgehead atoms. The van der Waals surface area contributed by atoms with E-state index in [1.54, 1.807) is 29.2 Å². The van der Waals surface area contributed by atoms with Crippen molar-refractivity contribution in [2.45, 2.75) is 25.8 Å². The summed E-state index contributed by atoms with van der Waals surface area (Å²) in [6, 6.07) is 22.9. The van der Waals surface area contributed by atoms with E-state index < -0.39 is 0 Å². The fraction of sp³-hybridized carbons (Fsp3) is 0.192. The molecule has 0 spiro atoms. The lowest BCUT2D eigenvalue weighted by Crippen LogP contribution is -2.36. The molecule has 3 aromatic carbocycles. The van der Waals surface area contributed by atoms with Crippen molar-refractivity contribution in [3.05, 3.63) is 107 Å². The lowest BCUT2D eigenvalue weighted by Gasteiger charge is -2.29. The Kier molecular flexibility index (Phi) is 7.15. The second-order valence-electron chi connectivity index (χ2n) is 7.75. The van der Waals surface area contributed by atoms with Gasteiger partial charge in [0.15, 0.2) is 0 Å². The third-order valence-corrected chi connectivity index (χ3v) is 5.69. The fourth-order valence-electron chi connectivity index (χ4n) is 3.64. The first-order chi connectivity index (χ1) is 16.0. The molecule has 0 aliphatic carbocycles. The van der Waals surface area contributed by atoms with Gasteiger partial charge in [-0.25, -0.2) is 4.39 Å². The molecule has 0 aliphatic rings. The van der Waals surface area contributed by atoms with Crippen LogP contribution < -0.4 is 0 Å². The quantitative estimate of drug-likeness (QED) is 0.326. The van der Waals surface area contributed by atoms with Crippen LogP contribution in [0, 0.1) is 5.82 Å². The van der Waals surface area contributed by atoms with Crippen molar-refractivity contribution < 1.29 is 13.7 Å². The van der Waals surface area contributed by atoms with Crippen LogP contribution >= 0.6 is 11.6 Å². The number of aromatic nitrogens is 2. The second-order valence-corrected chi connectivity index (χ2v) is 8.19. The minimum Gasteiger partial charge on any atom is -0.339 e. The lowest BCUT2D eigenvalue weighted by molar-refractivity contribution is -0.132. The molecule has 4 aromatic rings. The number of hydrogen-bond acceptors (Lipinski definition) is 4. The summed E-state index contributed by atoms with van der Waals surface area (Å²) in [5, 5.41) is 4.64. The second kappa shape index (κ2) is 10.4. The predicted molar refractivity (Wildman–Crippen MR) is 125 cm³/mol. The molecule has 0 N–H and O–H groups in total. The minimum atomic E-state index is -0.326. The number of amides is 1. The van der Waals surface area contributed by atoms with Gasteiger partial charge in [0.05, 0.1) is 12.5 Å². The standard InChI is InChI=1S/C26H23ClFN3O2/c1-18(20-6-3-2-4-7-20)31(25(32)16-19-10-12-23(28)13-11-19)15-14-24-29-26(30-33-24)21-8-5-9-22(27)17-21/h2-13,17-18H,14-16H2,1H3. The third-order valence-electron chi connectivity index (χ3n) is 5.46. The van der Waals surface area contributed by atoms with E-state index in [0.717, 1.165) is 16.7 Å². The molecule has 1 aromatic heterocycles. The Morgan fingerprint density at radius 1 is 1.06 bits per heavy atom. The van der Waals surface area contributed by atoms with Gasteiger partial charge in [-0.1, -0.05) is 71.4 Å². The Bertz CT molecular complexity index is 1210. The smallest absolute Gasteiger partial charge is 0.228 e. The number of carbonyl (C=O) groups excluding carboxylic acids is 1. The molecule has 33 heavy (non-hydrogen) atoms. The summed E-state index contributed by atoms with van der Waals surface area (Å²) in [6.07, 6.45) is 0.578. The normalized spacial score (nSPS) is 11.8. The van der Waals surface area contributed by atoms with E-state index in [2.05, 4.69) is 10.1 Å². The topological polar surface area (TPSA) is 59.2 Å². The zero-order chi connectivity index (χ0) is 23.2. The van der Waals surface area contributed by atoms with Crippen LogP contribution in [-0.4, -0.2) is 27.5 Å². The van der Waals surface area contributed by atoms with Crippen molar-refractivity contribution in [3.63, 3.8) is 0 Å². The number of rotatable bonds is 8. The van der Waals surface area contributed by atoms with Crippen molar-refractivity contribution in [1.82, 2.24) is 15.0 Å². The Balaban J connectivity index is 1.51. The van der Waals surface area contributed by atoms with E-state index in [-0.39, 0.29) is 24.2 Å². The van der Waals surface area contributed by atoms with Gasteiger partial charge in [0.2, 0.25) is 17.6 Å². The predicted octanol–water partition coefficient (Wildman–Crippen LogP) is 5.90. The SMILES string of the molecule is CC(c1ccccc1)N(CCc1nc(-c2cccc(Cl)c2)no1)C(=O)Cc1ccc(F)cc1. The number of benzene rings is 3. The number of nitrogens with zero attached hydrogens (tertiary/aromatic N) is 3. The average Bonchev–Trinajstić information content (AvgIpc) is 3.30. The highest BCUT2D eigenvalue weighted by molar-refractivity contribution is 6.30. The largest absolute Gasteiger partial charge is 0.339 e. The van der Waals surface area contributed by atoms with Gasteiger partial charge < -0.3 is 9.42 Å². The molecule has 4 rings (SSSR count). The van der Waals surface area contributed by atoms with Crippen LogP contribution in [0.25, 0.3) is 11.4 Å². The van der Waals surface area contributed by atoms with Gasteiger partial charge in [-0.3, -0.25) is 4.79 Å². The maximum absolute atomic E-state index is 13.3. The van der Waals surface area contributed by atoms with Gasteiger partial charge in [0, 0.05) is 23.6 Å². The van der Waals surface area contributed by atoms with E-state index in [1.165, 1.54) is 12.1 Å². The zero-order valence-electron chi connectivity index (χ0n) is 18.1. The Labute approximate surface area is 196 Å². The molecule has 168 valence electrons. The fourth-order valence-corrected chi connectivity index (χ4v) is 3.83. The van der Waals surface area contributed by atoms with Crippen molar-refractivity contribution in [2.24, 2.45) is 0 Å². The van der Waals surface area contributed by atoms with Crippen LogP contribution in [0.5, 0.6) is 0 Å². The minimum absolute atomic E-state index is 0.0625. The summed E-state index contributed by atoms with van der Waals surface area (Å²) in [7, 11) is 0. The van der Waals surface area contributed by atoms with E-state index in [0.29, 0.717) is 29.7 Å². The molecule has 1 amide bonds. The van der Waals surface area contributed by atoms with Crippen LogP contribution in [0.1, 0.15) is 30.0 Å². The van der Waals surface area contributed by atoms with Crippen LogP contribution in [0.15, 0.2) is 83.4 Å². The van der Waals surface area contributed by atoms with Crippen LogP contribution in [0.2, 0.25) is 5.02 Å². The van der Waals surface area contributed by atoms with E-state index >= 15 is 0 Å². The van der Waals surface area contributed by atoms with Crippen LogP contribution in [-0.2, 0) is 17.6 Å². The summed E-state index contributed by atoms with van der Waals surface area (Å²) < 4.78 is 18.7. The molecule has 0 saturated carbocycles. The van der Waals surface area contributed by atoms with Crippen LogP contribution in [0.3, 0.4) is 0 Å². The first-order valence-corrected chi connectivity index (χ1v) is 11.0. The average molecular weight is 464 g/mol. The summed E-state index contributed by atoms with van der Waals surface area (Å²) in [6.45, 7) is 2.39. The van der Waals surface area contributed by atoms with Gasteiger partial charge in [0.25, 0.3) is 0 Å². The van der Waals surface area contributed by atoms with Crippen molar-refractivity contribution in [2.75, 3.05) is 6.54 Å². The maximum atomic E-state index is 13.3.